The first-order chi connectivity index (χ1) is 15.8. The predicted molar refractivity (Wildman–Crippen MR) is 128 cm³/mol. The Bertz CT molecular complexity index is 1220. The highest BCUT2D eigenvalue weighted by molar-refractivity contribution is 6.12. The number of amides is 2. The van der Waals surface area contributed by atoms with Gasteiger partial charge in [-0.25, -0.2) is 4.79 Å². The monoisotopic (exact) mass is 442 g/mol. The largest absolute Gasteiger partial charge is 0.465 e. The SMILES string of the molecule is CCC1CN(C(=O)c2ccc(C(=O)c3ccccc3)cc2)c2cc(C)c(C)cc2N1C(=O)O. The number of hydrogen-bond donors (Lipinski definition) is 1. The standard InChI is InChI=1S/C27H26N2O4/c1-4-22-16-28(23-14-17(2)18(3)15-24(23)29(22)27(32)33)26(31)21-12-10-20(11-13-21)25(30)19-8-6-5-7-9-19/h5-15,22H,4,16H2,1-3H3,(H,32,33). The molecule has 33 heavy (non-hydrogen) atoms. The highest BCUT2D eigenvalue weighted by Crippen LogP contribution is 2.39. The summed E-state index contributed by atoms with van der Waals surface area (Å²) < 4.78 is 0. The molecule has 1 atom stereocenters. The van der Waals surface area contributed by atoms with Crippen molar-refractivity contribution in [3.63, 3.8) is 0 Å². The third kappa shape index (κ3) is 4.12. The minimum Gasteiger partial charge on any atom is -0.465 e. The topological polar surface area (TPSA) is 77.9 Å². The molecule has 3 aromatic rings. The highest BCUT2D eigenvalue weighted by Gasteiger charge is 2.37. The molecule has 168 valence electrons. The fourth-order valence-electron chi connectivity index (χ4n) is 4.22. The van der Waals surface area contributed by atoms with Gasteiger partial charge < -0.3 is 10.0 Å². The number of carbonyl (C=O) groups is 3. The summed E-state index contributed by atoms with van der Waals surface area (Å²) in [5, 5.41) is 9.86. The number of hydrogen-bond acceptors (Lipinski definition) is 3. The third-order valence-electron chi connectivity index (χ3n) is 6.25. The summed E-state index contributed by atoms with van der Waals surface area (Å²) >= 11 is 0. The van der Waals surface area contributed by atoms with Crippen LogP contribution in [-0.2, 0) is 0 Å². The van der Waals surface area contributed by atoms with Crippen molar-refractivity contribution in [1.82, 2.24) is 0 Å². The van der Waals surface area contributed by atoms with Gasteiger partial charge in [0.15, 0.2) is 5.78 Å². The Hall–Kier alpha value is -3.93. The van der Waals surface area contributed by atoms with Crippen LogP contribution in [0.5, 0.6) is 0 Å². The average molecular weight is 443 g/mol. The van der Waals surface area contributed by atoms with Gasteiger partial charge in [0.05, 0.1) is 17.4 Å². The molecule has 0 saturated carbocycles. The molecule has 0 saturated heterocycles. The molecule has 3 aromatic carbocycles. The van der Waals surface area contributed by atoms with Gasteiger partial charge in [-0.05, 0) is 55.7 Å². The smallest absolute Gasteiger partial charge is 0.412 e. The van der Waals surface area contributed by atoms with Crippen LogP contribution in [0.15, 0.2) is 66.7 Å². The average Bonchev–Trinajstić information content (AvgIpc) is 2.83. The van der Waals surface area contributed by atoms with E-state index in [4.69, 9.17) is 0 Å². The van der Waals surface area contributed by atoms with Crippen LogP contribution >= 0.6 is 0 Å². The van der Waals surface area contributed by atoms with Crippen molar-refractivity contribution in [3.8, 4) is 0 Å². The van der Waals surface area contributed by atoms with Crippen LogP contribution in [-0.4, -0.2) is 35.5 Å². The molecule has 0 radical (unpaired) electrons. The zero-order chi connectivity index (χ0) is 23.7. The van der Waals surface area contributed by atoms with Crippen molar-refractivity contribution in [3.05, 3.63) is 94.5 Å². The zero-order valence-corrected chi connectivity index (χ0v) is 18.9. The van der Waals surface area contributed by atoms with Crippen LogP contribution < -0.4 is 9.80 Å². The molecule has 0 bridgehead atoms. The second-order valence-electron chi connectivity index (χ2n) is 8.33. The van der Waals surface area contributed by atoms with Gasteiger partial charge in [0.1, 0.15) is 0 Å². The minimum atomic E-state index is -1.03. The first kappa shape index (κ1) is 22.3. The number of carbonyl (C=O) groups excluding carboxylic acids is 2. The van der Waals surface area contributed by atoms with Crippen molar-refractivity contribution in [2.45, 2.75) is 33.2 Å². The molecule has 0 aliphatic carbocycles. The summed E-state index contributed by atoms with van der Waals surface area (Å²) in [4.78, 5) is 41.3. The Balaban J connectivity index is 1.69. The van der Waals surface area contributed by atoms with Gasteiger partial charge in [0.2, 0.25) is 0 Å². The Morgan fingerprint density at radius 2 is 1.39 bits per heavy atom. The van der Waals surface area contributed by atoms with Crippen LogP contribution in [0.2, 0.25) is 0 Å². The number of rotatable bonds is 4. The Morgan fingerprint density at radius 1 is 0.848 bits per heavy atom. The number of carboxylic acid groups (broad SMARTS) is 1. The van der Waals surface area contributed by atoms with Crippen molar-refractivity contribution in [1.29, 1.82) is 0 Å². The number of fused-ring (bicyclic) bond motifs is 1. The van der Waals surface area contributed by atoms with E-state index in [9.17, 15) is 19.5 Å². The molecule has 6 heteroatoms. The van der Waals surface area contributed by atoms with Crippen molar-refractivity contribution in [2.75, 3.05) is 16.3 Å². The van der Waals surface area contributed by atoms with E-state index in [-0.39, 0.29) is 24.3 Å². The first-order valence-electron chi connectivity index (χ1n) is 11.0. The Morgan fingerprint density at radius 3 is 1.97 bits per heavy atom. The molecule has 0 aromatic heterocycles. The van der Waals surface area contributed by atoms with E-state index in [1.165, 1.54) is 4.90 Å². The highest BCUT2D eigenvalue weighted by atomic mass is 16.4. The molecule has 1 unspecified atom stereocenters. The van der Waals surface area contributed by atoms with Gasteiger partial charge in [0.25, 0.3) is 5.91 Å². The van der Waals surface area contributed by atoms with Gasteiger partial charge >= 0.3 is 6.09 Å². The fourth-order valence-corrected chi connectivity index (χ4v) is 4.22. The van der Waals surface area contributed by atoms with Crippen molar-refractivity contribution < 1.29 is 19.5 Å². The van der Waals surface area contributed by atoms with Crippen molar-refractivity contribution >= 4 is 29.2 Å². The van der Waals surface area contributed by atoms with E-state index >= 15 is 0 Å². The Kier molecular flexibility index (Phi) is 6.01. The first-order valence-corrected chi connectivity index (χ1v) is 11.0. The normalized spacial score (nSPS) is 15.2. The molecule has 4 rings (SSSR count). The summed E-state index contributed by atoms with van der Waals surface area (Å²) in [5.74, 6) is -0.325. The zero-order valence-electron chi connectivity index (χ0n) is 18.9. The van der Waals surface area contributed by atoms with Crippen LogP contribution in [0.25, 0.3) is 0 Å². The van der Waals surface area contributed by atoms with Gasteiger partial charge in [0, 0.05) is 23.2 Å². The van der Waals surface area contributed by atoms with E-state index in [2.05, 4.69) is 0 Å². The molecule has 1 heterocycles. The molecular formula is C27H26N2O4. The molecule has 0 fully saturated rings. The quantitative estimate of drug-likeness (QED) is 0.545. The molecule has 1 aliphatic rings. The summed E-state index contributed by atoms with van der Waals surface area (Å²) in [6, 6.07) is 19.0. The lowest BCUT2D eigenvalue weighted by molar-refractivity contribution is 0.0980. The van der Waals surface area contributed by atoms with Gasteiger partial charge in [-0.15, -0.1) is 0 Å². The van der Waals surface area contributed by atoms with E-state index in [0.29, 0.717) is 34.5 Å². The van der Waals surface area contributed by atoms with Gasteiger partial charge in [-0.3, -0.25) is 14.5 Å². The maximum Gasteiger partial charge on any atom is 0.412 e. The van der Waals surface area contributed by atoms with E-state index in [0.717, 1.165) is 11.1 Å². The molecule has 1 aliphatic heterocycles. The summed E-state index contributed by atoms with van der Waals surface area (Å²) in [6.07, 6.45) is -0.449. The van der Waals surface area contributed by atoms with Gasteiger partial charge in [-0.1, -0.05) is 49.4 Å². The molecule has 6 nitrogen and oxygen atoms in total. The van der Waals surface area contributed by atoms with Crippen LogP contribution in [0.4, 0.5) is 16.2 Å². The fraction of sp³-hybridized carbons (Fsp3) is 0.222. The molecular weight excluding hydrogens is 416 g/mol. The van der Waals surface area contributed by atoms with E-state index < -0.39 is 6.09 Å². The lowest BCUT2D eigenvalue weighted by Crippen LogP contribution is -2.52. The molecule has 1 N–H and O–H groups in total. The van der Waals surface area contributed by atoms with Crippen LogP contribution in [0.3, 0.4) is 0 Å². The van der Waals surface area contributed by atoms with E-state index in [1.807, 2.05) is 51.1 Å². The summed E-state index contributed by atoms with van der Waals surface area (Å²) in [6.45, 7) is 6.06. The lowest BCUT2D eigenvalue weighted by atomic mass is 9.98. The molecule has 0 spiro atoms. The molecule has 2 amide bonds. The predicted octanol–water partition coefficient (Wildman–Crippen LogP) is 5.46. The number of nitrogens with zero attached hydrogens (tertiary/aromatic N) is 2. The summed E-state index contributed by atoms with van der Waals surface area (Å²) in [7, 11) is 0. The maximum atomic E-state index is 13.5. The van der Waals surface area contributed by atoms with Crippen LogP contribution in [0.1, 0.15) is 50.8 Å². The van der Waals surface area contributed by atoms with Crippen molar-refractivity contribution in [2.24, 2.45) is 0 Å². The summed E-state index contributed by atoms with van der Waals surface area (Å²) in [5.41, 5.74) is 4.59. The number of anilines is 2. The number of aryl methyl sites for hydroxylation is 2. The minimum absolute atomic E-state index is 0.104. The second-order valence-corrected chi connectivity index (χ2v) is 8.33. The number of ketones is 1. The lowest BCUT2D eigenvalue weighted by Gasteiger charge is -2.41. The number of benzene rings is 3. The second kappa shape index (κ2) is 8.90. The third-order valence-corrected chi connectivity index (χ3v) is 6.25. The maximum absolute atomic E-state index is 13.5. The van der Waals surface area contributed by atoms with Crippen LogP contribution in [0, 0.1) is 13.8 Å². The van der Waals surface area contributed by atoms with E-state index in [1.54, 1.807) is 41.3 Å². The van der Waals surface area contributed by atoms with Gasteiger partial charge in [-0.2, -0.15) is 0 Å². The Labute approximate surface area is 193 Å².